The number of nitrogens with zero attached hydrogens (tertiary/aromatic N) is 4. The van der Waals surface area contributed by atoms with E-state index in [9.17, 15) is 0 Å². The molecular weight excluding hydrogens is 544 g/mol. The van der Waals surface area contributed by atoms with Crippen LogP contribution in [-0.2, 0) is 0 Å². The Balaban J connectivity index is 1.33. The maximum Gasteiger partial charge on any atom is 0.180 e. The second kappa shape index (κ2) is 9.71. The molecule has 4 aromatic heterocycles. The molecule has 0 bridgehead atoms. The van der Waals surface area contributed by atoms with Crippen LogP contribution in [-0.4, -0.2) is 19.9 Å². The van der Waals surface area contributed by atoms with E-state index in [1.165, 1.54) is 0 Å². The zero-order valence-corrected chi connectivity index (χ0v) is 23.3. The molecular formula is C38H22N4O2. The Morgan fingerprint density at radius 3 is 1.20 bits per heavy atom. The third-order valence-corrected chi connectivity index (χ3v) is 7.94. The van der Waals surface area contributed by atoms with Crippen molar-refractivity contribution in [2.75, 3.05) is 0 Å². The van der Waals surface area contributed by atoms with Crippen LogP contribution in [0.2, 0.25) is 0 Å². The summed E-state index contributed by atoms with van der Waals surface area (Å²) in [5.74, 6) is 1.14. The highest BCUT2D eigenvalue weighted by Gasteiger charge is 2.22. The first-order chi connectivity index (χ1) is 21.8. The molecule has 0 N–H and O–H groups in total. The second-order valence-electron chi connectivity index (χ2n) is 10.6. The zero-order valence-electron chi connectivity index (χ0n) is 23.3. The summed E-state index contributed by atoms with van der Waals surface area (Å²) in [6.07, 6.45) is 0. The van der Waals surface area contributed by atoms with E-state index in [1.54, 1.807) is 0 Å². The minimum Gasteiger partial charge on any atom is -0.452 e. The summed E-state index contributed by atoms with van der Waals surface area (Å²) in [4.78, 5) is 20.5. The van der Waals surface area contributed by atoms with E-state index in [4.69, 9.17) is 28.8 Å². The lowest BCUT2D eigenvalue weighted by Crippen LogP contribution is -1.99. The Labute approximate surface area is 251 Å². The maximum atomic E-state index is 6.33. The molecule has 0 aliphatic rings. The number of rotatable bonds is 4. The lowest BCUT2D eigenvalue weighted by molar-refractivity contribution is 0.667. The monoisotopic (exact) mass is 566 g/mol. The van der Waals surface area contributed by atoms with Crippen LogP contribution in [0.4, 0.5) is 0 Å². The van der Waals surface area contributed by atoms with Gasteiger partial charge in [0.25, 0.3) is 0 Å². The van der Waals surface area contributed by atoms with E-state index in [1.807, 2.05) is 133 Å². The smallest absolute Gasteiger partial charge is 0.180 e. The predicted octanol–water partition coefficient (Wildman–Crippen LogP) is 9.73. The summed E-state index contributed by atoms with van der Waals surface area (Å²) in [5.41, 5.74) is 9.41. The molecule has 0 aliphatic carbocycles. The molecule has 44 heavy (non-hydrogen) atoms. The van der Waals surface area contributed by atoms with Crippen LogP contribution in [0.25, 0.3) is 89.4 Å². The van der Waals surface area contributed by atoms with Gasteiger partial charge in [0.15, 0.2) is 22.8 Å². The molecule has 0 spiro atoms. The van der Waals surface area contributed by atoms with E-state index in [2.05, 4.69) is 0 Å². The van der Waals surface area contributed by atoms with Crippen molar-refractivity contribution in [2.24, 2.45) is 0 Å². The van der Waals surface area contributed by atoms with Crippen molar-refractivity contribution in [3.05, 3.63) is 133 Å². The molecule has 5 aromatic carbocycles. The lowest BCUT2D eigenvalue weighted by atomic mass is 10.0. The van der Waals surface area contributed by atoms with Gasteiger partial charge in [-0.1, -0.05) is 109 Å². The molecule has 0 atom stereocenters. The first-order valence-electron chi connectivity index (χ1n) is 14.4. The molecule has 0 aliphatic heterocycles. The van der Waals surface area contributed by atoms with Gasteiger partial charge in [-0.2, -0.15) is 0 Å². The first kappa shape index (κ1) is 24.5. The van der Waals surface area contributed by atoms with Gasteiger partial charge >= 0.3 is 0 Å². The number of hydrogen-bond donors (Lipinski definition) is 0. The average Bonchev–Trinajstić information content (AvgIpc) is 3.67. The van der Waals surface area contributed by atoms with Crippen molar-refractivity contribution in [3.8, 4) is 45.3 Å². The molecule has 0 unspecified atom stereocenters. The Kier molecular flexibility index (Phi) is 5.40. The van der Waals surface area contributed by atoms with Crippen molar-refractivity contribution in [1.29, 1.82) is 0 Å². The van der Waals surface area contributed by atoms with Gasteiger partial charge in [-0.25, -0.2) is 19.9 Å². The lowest BCUT2D eigenvalue weighted by Gasteiger charge is -2.11. The summed E-state index contributed by atoms with van der Waals surface area (Å²) in [6, 6.07) is 44.1. The average molecular weight is 567 g/mol. The molecule has 6 nitrogen and oxygen atoms in total. The van der Waals surface area contributed by atoms with Crippen LogP contribution >= 0.6 is 0 Å². The molecule has 0 saturated carbocycles. The summed E-state index contributed by atoms with van der Waals surface area (Å²) < 4.78 is 12.7. The summed E-state index contributed by atoms with van der Waals surface area (Å²) >= 11 is 0. The van der Waals surface area contributed by atoms with Crippen LogP contribution in [0.3, 0.4) is 0 Å². The Bertz CT molecular complexity index is 2320. The van der Waals surface area contributed by atoms with E-state index >= 15 is 0 Å². The Morgan fingerprint density at radius 1 is 0.364 bits per heavy atom. The quantitative estimate of drug-likeness (QED) is 0.211. The van der Waals surface area contributed by atoms with Crippen LogP contribution in [0.5, 0.6) is 0 Å². The zero-order chi connectivity index (χ0) is 29.0. The highest BCUT2D eigenvalue weighted by molar-refractivity contribution is 6.08. The fraction of sp³-hybridized carbons (Fsp3) is 0. The molecule has 6 heteroatoms. The van der Waals surface area contributed by atoms with Crippen molar-refractivity contribution >= 4 is 44.1 Å². The molecule has 9 aromatic rings. The molecule has 9 rings (SSSR count). The minimum atomic E-state index is 0.570. The van der Waals surface area contributed by atoms with Gasteiger partial charge in [0.1, 0.15) is 33.6 Å². The van der Waals surface area contributed by atoms with Crippen molar-refractivity contribution < 1.29 is 8.83 Å². The largest absolute Gasteiger partial charge is 0.452 e. The standard InChI is InChI=1S/C38H22N4O2/c1-3-13-23(14-4-1)31-35-33(27-19-9-11-21-29(27)43-35)41-37(39-31)25-17-7-8-18-26(25)38-40-32(24-15-5-2-6-16-24)36-34(42-38)28-20-10-12-22-30(28)44-36/h1-22H. The number of hydrogen-bond acceptors (Lipinski definition) is 6. The molecule has 4 heterocycles. The van der Waals surface area contributed by atoms with E-state index < -0.39 is 0 Å². The van der Waals surface area contributed by atoms with E-state index in [0.717, 1.165) is 66.6 Å². The van der Waals surface area contributed by atoms with Gasteiger partial charge in [-0.15, -0.1) is 0 Å². The van der Waals surface area contributed by atoms with Gasteiger partial charge in [0.05, 0.1) is 0 Å². The minimum absolute atomic E-state index is 0.570. The van der Waals surface area contributed by atoms with Crippen molar-refractivity contribution in [2.45, 2.75) is 0 Å². The van der Waals surface area contributed by atoms with E-state index in [0.29, 0.717) is 22.8 Å². The summed E-state index contributed by atoms with van der Waals surface area (Å²) in [7, 11) is 0. The molecule has 0 fully saturated rings. The van der Waals surface area contributed by atoms with E-state index in [-0.39, 0.29) is 0 Å². The van der Waals surface area contributed by atoms with Crippen LogP contribution in [0.15, 0.2) is 142 Å². The summed E-state index contributed by atoms with van der Waals surface area (Å²) in [5, 5.41) is 1.88. The van der Waals surface area contributed by atoms with Gasteiger partial charge < -0.3 is 8.83 Å². The molecule has 0 amide bonds. The van der Waals surface area contributed by atoms with Gasteiger partial charge in [-0.05, 0) is 24.3 Å². The highest BCUT2D eigenvalue weighted by atomic mass is 16.3. The maximum absolute atomic E-state index is 6.33. The fourth-order valence-electron chi connectivity index (χ4n) is 5.88. The van der Waals surface area contributed by atoms with Gasteiger partial charge in [0.2, 0.25) is 0 Å². The van der Waals surface area contributed by atoms with Crippen LogP contribution in [0.1, 0.15) is 0 Å². The normalized spacial score (nSPS) is 11.6. The van der Waals surface area contributed by atoms with Crippen molar-refractivity contribution in [1.82, 2.24) is 19.9 Å². The number of benzene rings is 5. The summed E-state index contributed by atoms with van der Waals surface area (Å²) in [6.45, 7) is 0. The second-order valence-corrected chi connectivity index (χ2v) is 10.6. The van der Waals surface area contributed by atoms with Crippen LogP contribution in [0, 0.1) is 0 Å². The van der Waals surface area contributed by atoms with Gasteiger partial charge in [-0.3, -0.25) is 0 Å². The fourth-order valence-corrected chi connectivity index (χ4v) is 5.88. The Hall–Kier alpha value is -6.14. The third kappa shape index (κ3) is 3.82. The number of fused-ring (bicyclic) bond motifs is 6. The topological polar surface area (TPSA) is 77.8 Å². The highest BCUT2D eigenvalue weighted by Crippen LogP contribution is 2.39. The number of furan rings is 2. The SMILES string of the molecule is c1ccc(-c2nc(-c3ccccc3-c3nc(-c4ccccc4)c4oc5ccccc5c4n3)nc3c2oc2ccccc23)cc1. The van der Waals surface area contributed by atoms with Crippen molar-refractivity contribution in [3.63, 3.8) is 0 Å². The van der Waals surface area contributed by atoms with Gasteiger partial charge in [0, 0.05) is 33.0 Å². The van der Waals surface area contributed by atoms with Crippen LogP contribution < -0.4 is 0 Å². The number of aromatic nitrogens is 4. The molecule has 0 radical (unpaired) electrons. The number of para-hydroxylation sites is 2. The Morgan fingerprint density at radius 2 is 0.750 bits per heavy atom. The predicted molar refractivity (Wildman–Crippen MR) is 174 cm³/mol. The molecule has 0 saturated heterocycles. The molecule has 206 valence electrons. The third-order valence-electron chi connectivity index (χ3n) is 7.94. The first-order valence-corrected chi connectivity index (χ1v) is 14.4.